The van der Waals surface area contributed by atoms with Crippen molar-refractivity contribution in [2.75, 3.05) is 18.4 Å². The van der Waals surface area contributed by atoms with Crippen LogP contribution in [-0.2, 0) is 10.2 Å². The lowest BCUT2D eigenvalue weighted by molar-refractivity contribution is -0.121. The number of nitrogens with one attached hydrogen (secondary N) is 2. The van der Waals surface area contributed by atoms with Gasteiger partial charge in [-0.15, -0.1) is 0 Å². The Morgan fingerprint density at radius 1 is 1.38 bits per heavy atom. The van der Waals surface area contributed by atoms with Crippen molar-refractivity contribution in [3.05, 3.63) is 29.3 Å². The number of rotatable bonds is 0. The van der Waals surface area contributed by atoms with Gasteiger partial charge in [-0.05, 0) is 43.5 Å². The van der Waals surface area contributed by atoms with Gasteiger partial charge in [0.15, 0.2) is 0 Å². The Balaban J connectivity index is 2.17. The molecule has 1 atom stereocenters. The quantitative estimate of drug-likeness (QED) is 0.691. The van der Waals surface area contributed by atoms with Crippen LogP contribution in [0.3, 0.4) is 0 Å². The van der Waals surface area contributed by atoms with Crippen LogP contribution in [0.25, 0.3) is 0 Å². The molecule has 3 nitrogen and oxygen atoms in total. The molecule has 1 spiro atoms. The van der Waals surface area contributed by atoms with Gasteiger partial charge in [-0.1, -0.05) is 12.1 Å². The van der Waals surface area contributed by atoms with E-state index < -0.39 is 0 Å². The highest BCUT2D eigenvalue weighted by Gasteiger charge is 2.47. The highest BCUT2D eigenvalue weighted by Crippen LogP contribution is 2.43. The maximum absolute atomic E-state index is 12.2. The van der Waals surface area contributed by atoms with Gasteiger partial charge in [-0.2, -0.15) is 0 Å². The fourth-order valence-electron chi connectivity index (χ4n) is 3.08. The Labute approximate surface area is 95.2 Å². The van der Waals surface area contributed by atoms with E-state index in [2.05, 4.69) is 23.6 Å². The maximum atomic E-state index is 12.2. The van der Waals surface area contributed by atoms with Gasteiger partial charge in [0, 0.05) is 12.2 Å². The molecule has 2 heterocycles. The highest BCUT2D eigenvalue weighted by molar-refractivity contribution is 6.07. The standard InChI is InChI=1S/C13H16N2O/c1-9-4-2-5-10-11(9)13(12(16)15-10)6-3-7-14-8-13/h2,4-5,14H,3,6-8H2,1H3,(H,15,16). The summed E-state index contributed by atoms with van der Waals surface area (Å²) in [4.78, 5) is 12.2. The number of carbonyl (C=O) groups is 1. The van der Waals surface area contributed by atoms with E-state index in [-0.39, 0.29) is 11.3 Å². The maximum Gasteiger partial charge on any atom is 0.236 e. The molecule has 1 amide bonds. The van der Waals surface area contributed by atoms with Gasteiger partial charge in [0.1, 0.15) is 0 Å². The summed E-state index contributed by atoms with van der Waals surface area (Å²) in [7, 11) is 0. The number of fused-ring (bicyclic) bond motifs is 2. The number of amides is 1. The van der Waals surface area contributed by atoms with Gasteiger partial charge >= 0.3 is 0 Å². The zero-order valence-electron chi connectivity index (χ0n) is 9.47. The number of piperidine rings is 1. The Hall–Kier alpha value is -1.35. The minimum atomic E-state index is -0.307. The van der Waals surface area contributed by atoms with Gasteiger partial charge in [-0.25, -0.2) is 0 Å². The topological polar surface area (TPSA) is 41.1 Å². The number of carbonyl (C=O) groups excluding carboxylic acids is 1. The van der Waals surface area contributed by atoms with Crippen LogP contribution in [0.5, 0.6) is 0 Å². The molecule has 16 heavy (non-hydrogen) atoms. The zero-order valence-corrected chi connectivity index (χ0v) is 9.47. The first-order chi connectivity index (χ1) is 7.74. The molecule has 1 unspecified atom stereocenters. The second-order valence-electron chi connectivity index (χ2n) is 4.81. The molecule has 1 aromatic rings. The second kappa shape index (κ2) is 3.32. The fraction of sp³-hybridized carbons (Fsp3) is 0.462. The highest BCUT2D eigenvalue weighted by atomic mass is 16.2. The molecule has 2 N–H and O–H groups in total. The van der Waals surface area contributed by atoms with Gasteiger partial charge in [0.25, 0.3) is 0 Å². The Morgan fingerprint density at radius 3 is 3.00 bits per heavy atom. The van der Waals surface area contributed by atoms with E-state index in [4.69, 9.17) is 0 Å². The average Bonchev–Trinajstić information content (AvgIpc) is 2.55. The summed E-state index contributed by atoms with van der Waals surface area (Å²) in [5.41, 5.74) is 3.14. The van der Waals surface area contributed by atoms with Crippen molar-refractivity contribution in [1.29, 1.82) is 0 Å². The van der Waals surface area contributed by atoms with Crippen molar-refractivity contribution in [2.24, 2.45) is 0 Å². The molecule has 0 saturated carbocycles. The van der Waals surface area contributed by atoms with E-state index in [9.17, 15) is 4.79 Å². The number of aryl methyl sites for hydroxylation is 1. The molecule has 1 fully saturated rings. The molecule has 3 heteroatoms. The summed E-state index contributed by atoms with van der Waals surface area (Å²) in [6.07, 6.45) is 2.03. The molecule has 3 rings (SSSR count). The summed E-state index contributed by atoms with van der Waals surface area (Å²) in [6, 6.07) is 6.10. The monoisotopic (exact) mass is 216 g/mol. The Kier molecular flexibility index (Phi) is 2.04. The van der Waals surface area contributed by atoms with E-state index in [0.717, 1.165) is 31.6 Å². The first kappa shape index (κ1) is 9.85. The Morgan fingerprint density at radius 2 is 2.25 bits per heavy atom. The minimum Gasteiger partial charge on any atom is -0.325 e. The average molecular weight is 216 g/mol. The van der Waals surface area contributed by atoms with Gasteiger partial charge < -0.3 is 10.6 Å². The summed E-state index contributed by atoms with van der Waals surface area (Å²) in [5, 5.41) is 6.38. The van der Waals surface area contributed by atoms with E-state index in [1.54, 1.807) is 0 Å². The van der Waals surface area contributed by atoms with Gasteiger partial charge in [0.2, 0.25) is 5.91 Å². The number of hydrogen-bond donors (Lipinski definition) is 2. The van der Waals surface area contributed by atoms with Crippen LogP contribution in [0.4, 0.5) is 5.69 Å². The number of hydrogen-bond acceptors (Lipinski definition) is 2. The third kappa shape index (κ3) is 1.15. The van der Waals surface area contributed by atoms with Crippen LogP contribution in [0.1, 0.15) is 24.0 Å². The SMILES string of the molecule is Cc1cccc2c1C1(CCCNC1)C(=O)N2. The second-order valence-corrected chi connectivity index (χ2v) is 4.81. The molecular formula is C13H16N2O. The summed E-state index contributed by atoms with van der Waals surface area (Å²) >= 11 is 0. The fourth-order valence-corrected chi connectivity index (χ4v) is 3.08. The Bertz CT molecular complexity index is 447. The van der Waals surface area contributed by atoms with Crippen molar-refractivity contribution < 1.29 is 4.79 Å². The largest absolute Gasteiger partial charge is 0.325 e. The van der Waals surface area contributed by atoms with E-state index in [1.807, 2.05) is 12.1 Å². The third-order valence-corrected chi connectivity index (χ3v) is 3.82. The van der Waals surface area contributed by atoms with E-state index >= 15 is 0 Å². The molecule has 0 radical (unpaired) electrons. The molecule has 1 saturated heterocycles. The van der Waals surface area contributed by atoms with Crippen LogP contribution in [-0.4, -0.2) is 19.0 Å². The normalized spacial score (nSPS) is 27.9. The summed E-state index contributed by atoms with van der Waals surface area (Å²) in [6.45, 7) is 3.89. The minimum absolute atomic E-state index is 0.170. The summed E-state index contributed by atoms with van der Waals surface area (Å²) < 4.78 is 0. The lowest BCUT2D eigenvalue weighted by atomic mass is 9.74. The number of anilines is 1. The van der Waals surface area contributed by atoms with Crippen molar-refractivity contribution in [3.63, 3.8) is 0 Å². The van der Waals surface area contributed by atoms with Crippen molar-refractivity contribution in [1.82, 2.24) is 5.32 Å². The molecular weight excluding hydrogens is 200 g/mol. The summed E-state index contributed by atoms with van der Waals surface area (Å²) in [5.74, 6) is 0.170. The van der Waals surface area contributed by atoms with Gasteiger partial charge in [0.05, 0.1) is 5.41 Å². The third-order valence-electron chi connectivity index (χ3n) is 3.82. The lowest BCUT2D eigenvalue weighted by Crippen LogP contribution is -2.48. The van der Waals surface area contributed by atoms with E-state index in [0.29, 0.717) is 0 Å². The lowest BCUT2D eigenvalue weighted by Gasteiger charge is -2.33. The molecule has 2 aliphatic rings. The first-order valence-electron chi connectivity index (χ1n) is 5.86. The van der Waals surface area contributed by atoms with Crippen LogP contribution in [0.2, 0.25) is 0 Å². The first-order valence-corrected chi connectivity index (χ1v) is 5.86. The van der Waals surface area contributed by atoms with Crippen LogP contribution in [0.15, 0.2) is 18.2 Å². The number of benzene rings is 1. The van der Waals surface area contributed by atoms with E-state index in [1.165, 1.54) is 11.1 Å². The van der Waals surface area contributed by atoms with Crippen LogP contribution < -0.4 is 10.6 Å². The molecule has 1 aromatic carbocycles. The molecule has 0 bridgehead atoms. The zero-order chi connectivity index (χ0) is 11.2. The molecule has 2 aliphatic heterocycles. The van der Waals surface area contributed by atoms with Crippen LogP contribution in [0, 0.1) is 6.92 Å². The van der Waals surface area contributed by atoms with Crippen LogP contribution >= 0.6 is 0 Å². The van der Waals surface area contributed by atoms with Crippen molar-refractivity contribution in [3.8, 4) is 0 Å². The smallest absolute Gasteiger partial charge is 0.236 e. The molecule has 84 valence electrons. The van der Waals surface area contributed by atoms with Crippen molar-refractivity contribution >= 4 is 11.6 Å². The molecule has 0 aliphatic carbocycles. The van der Waals surface area contributed by atoms with Gasteiger partial charge in [-0.3, -0.25) is 4.79 Å². The molecule has 0 aromatic heterocycles. The predicted molar refractivity (Wildman–Crippen MR) is 63.6 cm³/mol. The predicted octanol–water partition coefficient (Wildman–Crippen LogP) is 1.57. The van der Waals surface area contributed by atoms with Crippen molar-refractivity contribution in [2.45, 2.75) is 25.2 Å².